The van der Waals surface area contributed by atoms with Gasteiger partial charge in [-0.15, -0.1) is 0 Å². The van der Waals surface area contributed by atoms with E-state index < -0.39 is 17.4 Å². The number of amides is 2. The van der Waals surface area contributed by atoms with Gasteiger partial charge in [-0.2, -0.15) is 0 Å². The third kappa shape index (κ3) is 6.32. The Kier molecular flexibility index (Phi) is 8.45. The highest BCUT2D eigenvalue weighted by atomic mass is 35.5. The predicted molar refractivity (Wildman–Crippen MR) is 149 cm³/mol. The van der Waals surface area contributed by atoms with E-state index in [2.05, 4.69) is 26.1 Å². The summed E-state index contributed by atoms with van der Waals surface area (Å²) in [7, 11) is 0. The van der Waals surface area contributed by atoms with Gasteiger partial charge in [-0.05, 0) is 73.3 Å². The number of hydrogen-bond donors (Lipinski definition) is 2. The van der Waals surface area contributed by atoms with Crippen LogP contribution in [0.15, 0.2) is 47.5 Å². The van der Waals surface area contributed by atoms with E-state index in [9.17, 15) is 18.8 Å². The van der Waals surface area contributed by atoms with Gasteiger partial charge in [-0.3, -0.25) is 19.4 Å². The number of rotatable bonds is 8. The predicted octanol–water partition coefficient (Wildman–Crippen LogP) is 5.49. The van der Waals surface area contributed by atoms with Gasteiger partial charge < -0.3 is 15.3 Å². The molecule has 1 heterocycles. The molecule has 39 heavy (non-hydrogen) atoms. The fourth-order valence-electron chi connectivity index (χ4n) is 5.58. The number of carboxylic acid groups (broad SMARTS) is 1. The molecule has 0 atom stereocenters. The number of carbonyl (C=O) groups excluding carboxylic acids is 2. The lowest BCUT2D eigenvalue weighted by atomic mass is 9.69. The van der Waals surface area contributed by atoms with Crippen LogP contribution >= 0.6 is 11.6 Å². The quantitative estimate of drug-likeness (QED) is 0.450. The molecule has 0 aromatic heterocycles. The molecule has 0 saturated heterocycles. The lowest BCUT2D eigenvalue weighted by Gasteiger charge is -2.45. The number of hydrogen-bond acceptors (Lipinski definition) is 4. The molecule has 1 spiro atoms. The molecular weight excluding hydrogens is 521 g/mol. The van der Waals surface area contributed by atoms with Crippen molar-refractivity contribution < 1.29 is 23.9 Å². The van der Waals surface area contributed by atoms with Crippen LogP contribution in [0.25, 0.3) is 0 Å². The Morgan fingerprint density at radius 2 is 1.82 bits per heavy atom. The first-order valence-electron chi connectivity index (χ1n) is 13.4. The Balaban J connectivity index is 1.52. The zero-order valence-corrected chi connectivity index (χ0v) is 23.4. The fourth-order valence-corrected chi connectivity index (χ4v) is 5.76. The van der Waals surface area contributed by atoms with Crippen molar-refractivity contribution >= 4 is 35.1 Å². The minimum atomic E-state index is -0.975. The van der Waals surface area contributed by atoms with Gasteiger partial charge in [0.1, 0.15) is 11.4 Å². The lowest BCUT2D eigenvalue weighted by Crippen LogP contribution is -2.50. The third-order valence-electron chi connectivity index (χ3n) is 7.95. The molecule has 1 saturated carbocycles. The van der Waals surface area contributed by atoms with Crippen molar-refractivity contribution in [2.45, 2.75) is 65.0 Å². The monoisotopic (exact) mass is 555 g/mol. The highest BCUT2D eigenvalue weighted by Gasteiger charge is 2.50. The van der Waals surface area contributed by atoms with Gasteiger partial charge in [-0.1, -0.05) is 50.6 Å². The normalized spacial score (nSPS) is 21.3. The molecular formula is C30H35ClFN3O4. The van der Waals surface area contributed by atoms with Crippen molar-refractivity contribution in [3.63, 3.8) is 0 Å². The Labute approximate surface area is 233 Å². The molecule has 2 aromatic rings. The number of carboxylic acids is 1. The second-order valence-corrected chi connectivity index (χ2v) is 11.9. The first-order valence-corrected chi connectivity index (χ1v) is 13.7. The summed E-state index contributed by atoms with van der Waals surface area (Å²) in [6.45, 7) is 7.16. The maximum absolute atomic E-state index is 15.0. The van der Waals surface area contributed by atoms with E-state index in [1.165, 1.54) is 6.07 Å². The summed E-state index contributed by atoms with van der Waals surface area (Å²) in [5, 5.41) is 11.3. The number of nitrogens with one attached hydrogen (secondary N) is 1. The molecule has 1 fully saturated rings. The van der Waals surface area contributed by atoms with Gasteiger partial charge in [0.25, 0.3) is 11.8 Å². The molecule has 0 unspecified atom stereocenters. The van der Waals surface area contributed by atoms with E-state index in [0.717, 1.165) is 18.4 Å². The molecule has 0 radical (unpaired) electrons. The van der Waals surface area contributed by atoms with Crippen LogP contribution in [0.3, 0.4) is 0 Å². The van der Waals surface area contributed by atoms with Crippen LogP contribution < -0.4 is 5.32 Å². The van der Waals surface area contributed by atoms with Crippen molar-refractivity contribution in [3.8, 4) is 0 Å². The van der Waals surface area contributed by atoms with Crippen LogP contribution in [-0.4, -0.2) is 52.3 Å². The molecule has 2 aliphatic rings. The minimum Gasteiger partial charge on any atom is -0.481 e. The van der Waals surface area contributed by atoms with Crippen molar-refractivity contribution in [2.24, 2.45) is 16.3 Å². The van der Waals surface area contributed by atoms with Crippen LogP contribution in [0.2, 0.25) is 5.02 Å². The van der Waals surface area contributed by atoms with Crippen LogP contribution in [0.5, 0.6) is 0 Å². The number of carbonyl (C=O) groups is 3. The molecule has 2 aromatic carbocycles. The number of benzene rings is 2. The number of aliphatic carboxylic acids is 1. The van der Waals surface area contributed by atoms with E-state index in [-0.39, 0.29) is 46.5 Å². The van der Waals surface area contributed by atoms with Gasteiger partial charge in [0.05, 0.1) is 11.4 Å². The smallest absolute Gasteiger partial charge is 0.305 e. The summed E-state index contributed by atoms with van der Waals surface area (Å²) in [5.74, 6) is -1.73. The van der Waals surface area contributed by atoms with Gasteiger partial charge in [-0.25, -0.2) is 4.39 Å². The zero-order valence-electron chi connectivity index (χ0n) is 22.6. The first-order chi connectivity index (χ1) is 18.4. The van der Waals surface area contributed by atoms with Crippen LogP contribution in [0.1, 0.15) is 74.4 Å². The second kappa shape index (κ2) is 11.5. The van der Waals surface area contributed by atoms with E-state index >= 15 is 0 Å². The van der Waals surface area contributed by atoms with E-state index in [4.69, 9.17) is 21.7 Å². The van der Waals surface area contributed by atoms with Crippen molar-refractivity contribution in [1.29, 1.82) is 0 Å². The average molecular weight is 556 g/mol. The maximum atomic E-state index is 15.0. The number of halogens is 2. The minimum absolute atomic E-state index is 0.0426. The molecule has 4 rings (SSSR count). The maximum Gasteiger partial charge on any atom is 0.305 e. The number of aliphatic imine (C=N–C) groups is 1. The van der Waals surface area contributed by atoms with Crippen molar-refractivity contribution in [1.82, 2.24) is 10.2 Å². The Morgan fingerprint density at radius 3 is 2.44 bits per heavy atom. The van der Waals surface area contributed by atoms with Gasteiger partial charge >= 0.3 is 5.97 Å². The summed E-state index contributed by atoms with van der Waals surface area (Å²) in [6.07, 6.45) is 3.66. The SMILES string of the molecule is CC(C)(C)C1CCC2(CC1)N=C(c1cccc(Cl)c1F)C(=O)N2CCc1ccc(C(=O)NCCC(=O)O)cc1. The van der Waals surface area contributed by atoms with Crippen molar-refractivity contribution in [3.05, 3.63) is 70.0 Å². The summed E-state index contributed by atoms with van der Waals surface area (Å²) in [5.41, 5.74) is 1.06. The fraction of sp³-hybridized carbons (Fsp3) is 0.467. The molecule has 208 valence electrons. The molecule has 1 aliphatic heterocycles. The van der Waals surface area contributed by atoms with Gasteiger partial charge in [0, 0.05) is 24.2 Å². The molecule has 2 amide bonds. The second-order valence-electron chi connectivity index (χ2n) is 11.5. The molecule has 7 nitrogen and oxygen atoms in total. The van der Waals surface area contributed by atoms with Gasteiger partial charge in [0.2, 0.25) is 0 Å². The van der Waals surface area contributed by atoms with Gasteiger partial charge in [0.15, 0.2) is 5.82 Å². The third-order valence-corrected chi connectivity index (χ3v) is 8.24. The van der Waals surface area contributed by atoms with Crippen LogP contribution in [0, 0.1) is 17.2 Å². The standard InChI is InChI=1S/C30H35ClFN3O4/c1-29(2,3)21-11-15-30(16-12-21)34-26(22-5-4-6-23(31)25(22)32)28(39)35(30)18-14-19-7-9-20(10-8-19)27(38)33-17-13-24(36)37/h4-10,21H,11-18H2,1-3H3,(H,33,38)(H,36,37). The van der Waals surface area contributed by atoms with E-state index in [1.807, 2.05) is 12.1 Å². The van der Waals surface area contributed by atoms with Crippen LogP contribution in [-0.2, 0) is 16.0 Å². The largest absolute Gasteiger partial charge is 0.481 e. The number of nitrogens with zero attached hydrogens (tertiary/aromatic N) is 2. The Morgan fingerprint density at radius 1 is 1.15 bits per heavy atom. The van der Waals surface area contributed by atoms with E-state index in [1.54, 1.807) is 29.2 Å². The Bertz CT molecular complexity index is 1280. The molecule has 2 N–H and O–H groups in total. The highest BCUT2D eigenvalue weighted by molar-refractivity contribution is 6.47. The summed E-state index contributed by atoms with van der Waals surface area (Å²) in [6, 6.07) is 11.7. The molecule has 9 heteroatoms. The highest BCUT2D eigenvalue weighted by Crippen LogP contribution is 2.46. The van der Waals surface area contributed by atoms with Crippen LogP contribution in [0.4, 0.5) is 4.39 Å². The molecule has 0 bridgehead atoms. The lowest BCUT2D eigenvalue weighted by molar-refractivity contribution is -0.136. The first kappa shape index (κ1) is 28.7. The summed E-state index contributed by atoms with van der Waals surface area (Å²) < 4.78 is 15.0. The average Bonchev–Trinajstić information content (AvgIpc) is 3.14. The summed E-state index contributed by atoms with van der Waals surface area (Å²) in [4.78, 5) is 43.4. The molecule has 1 aliphatic carbocycles. The summed E-state index contributed by atoms with van der Waals surface area (Å²) >= 11 is 6.03. The topological polar surface area (TPSA) is 99.1 Å². The Hall–Kier alpha value is -3.26. The van der Waals surface area contributed by atoms with E-state index in [0.29, 0.717) is 37.3 Å². The zero-order chi connectivity index (χ0) is 28.4. The van der Waals surface area contributed by atoms with Crippen molar-refractivity contribution in [2.75, 3.05) is 13.1 Å².